The van der Waals surface area contributed by atoms with E-state index >= 15 is 0 Å². The third-order valence-electron chi connectivity index (χ3n) is 0. The van der Waals surface area contributed by atoms with Gasteiger partial charge in [0.2, 0.25) is 0 Å². The van der Waals surface area contributed by atoms with Gasteiger partial charge in [0, 0.05) is 0 Å². The first-order valence-corrected chi connectivity index (χ1v) is 0.565. The SMILES string of the molecule is O.O.O.O.O.O.O=[N+]([O-])O.[SrH2]. The molecule has 0 amide bonds. The van der Waals surface area contributed by atoms with Crippen molar-refractivity contribution in [2.24, 2.45) is 0 Å². The second-order valence-corrected chi connectivity index (χ2v) is 0.238. The molecule has 0 fully saturated rings. The molecule has 0 heterocycles. The second kappa shape index (κ2) is 78.6. The molecule has 13 N–H and O–H groups in total. The third kappa shape index (κ3) is 3830. The summed E-state index contributed by atoms with van der Waals surface area (Å²) in [6, 6.07) is 0. The summed E-state index contributed by atoms with van der Waals surface area (Å²) in [5.41, 5.74) is 0. The van der Waals surface area contributed by atoms with Crippen molar-refractivity contribution in [3.05, 3.63) is 10.1 Å². The Morgan fingerprint density at radius 1 is 0.909 bits per heavy atom. The summed E-state index contributed by atoms with van der Waals surface area (Å²) in [6.45, 7) is 0. The topological polar surface area (TPSA) is 252 Å². The van der Waals surface area contributed by atoms with E-state index in [-0.39, 0.29) is 78.3 Å². The van der Waals surface area contributed by atoms with Gasteiger partial charge in [-0.1, -0.05) is 0 Å². The normalized spacial score (nSPS) is 2.18. The Morgan fingerprint density at radius 3 is 0.909 bits per heavy atom. The van der Waals surface area contributed by atoms with Crippen molar-refractivity contribution in [2.75, 3.05) is 0 Å². The Morgan fingerprint density at radius 2 is 0.909 bits per heavy atom. The molecular formula is H15NO9Sr. The summed E-state index contributed by atoms with van der Waals surface area (Å²) < 4.78 is 0. The first-order valence-electron chi connectivity index (χ1n) is 0.565. The minimum absolute atomic E-state index is 0. The van der Waals surface area contributed by atoms with Crippen molar-refractivity contribution < 1.29 is 43.2 Å². The van der Waals surface area contributed by atoms with Crippen LogP contribution in [0.1, 0.15) is 0 Å². The molecule has 0 aromatic carbocycles. The maximum atomic E-state index is 8.36. The molecule has 0 bridgehead atoms. The zero-order valence-electron chi connectivity index (χ0n) is 4.71. The Hall–Kier alpha value is 0.441. The first kappa shape index (κ1) is 105. The number of nitrogens with zero attached hydrogens (tertiary/aromatic N) is 1. The van der Waals surface area contributed by atoms with Crippen LogP contribution < -0.4 is 0 Å². The number of hydrogen-bond donors (Lipinski definition) is 1. The molecule has 0 aromatic rings. The van der Waals surface area contributed by atoms with Gasteiger partial charge >= 0.3 is 45.5 Å². The van der Waals surface area contributed by atoms with Gasteiger partial charge in [0.05, 0.1) is 0 Å². The van der Waals surface area contributed by atoms with Crippen LogP contribution in [-0.2, 0) is 0 Å². The molecule has 0 saturated heterocycles. The summed E-state index contributed by atoms with van der Waals surface area (Å²) in [7, 11) is 0. The van der Waals surface area contributed by atoms with Crippen molar-refractivity contribution in [3.8, 4) is 0 Å². The van der Waals surface area contributed by atoms with E-state index in [0.29, 0.717) is 0 Å². The van der Waals surface area contributed by atoms with Crippen molar-refractivity contribution in [3.63, 3.8) is 0 Å². The molecule has 0 aromatic heterocycles. The van der Waals surface area contributed by atoms with Crippen LogP contribution in [0.15, 0.2) is 0 Å². The van der Waals surface area contributed by atoms with E-state index < -0.39 is 5.09 Å². The molecule has 0 saturated carbocycles. The molecule has 0 atom stereocenters. The van der Waals surface area contributed by atoms with Gasteiger partial charge in [0.25, 0.3) is 5.09 Å². The summed E-state index contributed by atoms with van der Waals surface area (Å²) >= 11 is 0. The van der Waals surface area contributed by atoms with Crippen LogP contribution in [0.2, 0.25) is 0 Å². The van der Waals surface area contributed by atoms with Gasteiger partial charge in [0.1, 0.15) is 0 Å². The van der Waals surface area contributed by atoms with Gasteiger partial charge in [0.15, 0.2) is 0 Å². The Bertz CT molecular complexity index is 32.5. The van der Waals surface area contributed by atoms with Gasteiger partial charge in [-0.25, -0.2) is 0 Å². The number of rotatable bonds is 0. The van der Waals surface area contributed by atoms with Crippen LogP contribution in [-0.4, -0.2) is 88.6 Å². The molecule has 0 unspecified atom stereocenters. The maximum absolute atomic E-state index is 8.36. The molecule has 10 nitrogen and oxygen atoms in total. The van der Waals surface area contributed by atoms with Gasteiger partial charge < -0.3 is 38.1 Å². The monoisotopic (exact) mass is 261 g/mol. The van der Waals surface area contributed by atoms with E-state index in [0.717, 1.165) is 0 Å². The minimum atomic E-state index is -1.50. The number of hydrogen-bond acceptors (Lipinski definition) is 2. The fourth-order valence-electron chi connectivity index (χ4n) is 0. The van der Waals surface area contributed by atoms with E-state index in [4.69, 9.17) is 15.3 Å². The second-order valence-electron chi connectivity index (χ2n) is 0.238. The zero-order chi connectivity index (χ0) is 3.58. The quantitative estimate of drug-likeness (QED) is 0.253. The molecule has 0 rings (SSSR count). The first-order chi connectivity index (χ1) is 1.73. The Balaban J connectivity index is -0.00000000214. The van der Waals surface area contributed by atoms with Crippen molar-refractivity contribution in [1.82, 2.24) is 0 Å². The van der Waals surface area contributed by atoms with E-state index in [1.165, 1.54) is 0 Å². The summed E-state index contributed by atoms with van der Waals surface area (Å²) in [4.78, 5) is 8.36. The molecule has 11 heavy (non-hydrogen) atoms. The van der Waals surface area contributed by atoms with Crippen LogP contribution in [0, 0.1) is 10.1 Å². The summed E-state index contributed by atoms with van der Waals surface area (Å²) in [5.74, 6) is 0. The molecular weight excluding hydrogens is 246 g/mol. The molecule has 0 aliphatic heterocycles. The molecule has 0 radical (unpaired) electrons. The van der Waals surface area contributed by atoms with Crippen LogP contribution in [0.25, 0.3) is 0 Å². The Kier molecular flexibility index (Phi) is 753. The van der Waals surface area contributed by atoms with Crippen LogP contribution in [0.4, 0.5) is 0 Å². The predicted molar refractivity (Wildman–Crippen MR) is 39.0 cm³/mol. The van der Waals surface area contributed by atoms with Crippen LogP contribution in [0.3, 0.4) is 0 Å². The fourth-order valence-corrected chi connectivity index (χ4v) is 0. The van der Waals surface area contributed by atoms with Gasteiger partial charge in [-0.05, 0) is 0 Å². The van der Waals surface area contributed by atoms with Crippen molar-refractivity contribution >= 4 is 45.5 Å². The van der Waals surface area contributed by atoms with E-state index in [9.17, 15) is 0 Å². The fraction of sp³-hybridized carbons (Fsp3) is 0. The van der Waals surface area contributed by atoms with Gasteiger partial charge in [-0.15, -0.1) is 10.1 Å². The van der Waals surface area contributed by atoms with Gasteiger partial charge in [-0.2, -0.15) is 0 Å². The van der Waals surface area contributed by atoms with E-state index in [1.54, 1.807) is 0 Å². The van der Waals surface area contributed by atoms with Crippen molar-refractivity contribution in [1.29, 1.82) is 0 Å². The van der Waals surface area contributed by atoms with E-state index in [2.05, 4.69) is 0 Å². The van der Waals surface area contributed by atoms with E-state index in [1.807, 2.05) is 0 Å². The average molecular weight is 261 g/mol. The zero-order valence-corrected chi connectivity index (χ0v) is 4.71. The molecule has 0 spiro atoms. The summed E-state index contributed by atoms with van der Waals surface area (Å²) in [5, 5.41) is 13.6. The predicted octanol–water partition coefficient (Wildman–Crippen LogP) is -6.21. The van der Waals surface area contributed by atoms with Crippen LogP contribution in [0.5, 0.6) is 0 Å². The average Bonchev–Trinajstić information content (AvgIpc) is 0.811. The molecule has 11 heteroatoms. The Labute approximate surface area is 98.0 Å². The van der Waals surface area contributed by atoms with Crippen molar-refractivity contribution in [2.45, 2.75) is 0 Å². The standard InChI is InChI=1S/HNO3.6H2O.Sr.2H/c2-1(3)4;;;;;;;;;/h(H,2,3,4);6*1H2;;;. The van der Waals surface area contributed by atoms with Gasteiger partial charge in [-0.3, -0.25) is 0 Å². The molecule has 76 valence electrons. The molecule has 0 aliphatic carbocycles. The summed E-state index contributed by atoms with van der Waals surface area (Å²) in [6.07, 6.45) is 0. The van der Waals surface area contributed by atoms with Crippen LogP contribution >= 0.6 is 0 Å². The third-order valence-corrected chi connectivity index (χ3v) is 0. The molecule has 0 aliphatic rings.